The van der Waals surface area contributed by atoms with Gasteiger partial charge in [-0.25, -0.2) is 0 Å². The molecule has 0 aliphatic carbocycles. The number of ether oxygens (including phenoxy) is 1. The summed E-state index contributed by atoms with van der Waals surface area (Å²) in [5.74, 6) is 0.706. The fourth-order valence-corrected chi connectivity index (χ4v) is 2.76. The molecule has 2 N–H and O–H groups in total. The quantitative estimate of drug-likeness (QED) is 0.888. The van der Waals surface area contributed by atoms with Crippen molar-refractivity contribution in [3.8, 4) is 5.75 Å². The highest BCUT2D eigenvalue weighted by molar-refractivity contribution is 5.94. The van der Waals surface area contributed by atoms with E-state index in [4.69, 9.17) is 4.74 Å². The van der Waals surface area contributed by atoms with Gasteiger partial charge in [-0.15, -0.1) is 0 Å². The maximum absolute atomic E-state index is 12.1. The summed E-state index contributed by atoms with van der Waals surface area (Å²) in [7, 11) is 1.60. The van der Waals surface area contributed by atoms with Gasteiger partial charge >= 0.3 is 0 Å². The molecule has 0 unspecified atom stereocenters. The minimum Gasteiger partial charge on any atom is -0.497 e. The number of hydrogen-bond donors (Lipinski definition) is 2. The lowest BCUT2D eigenvalue weighted by atomic mass is 9.99. The standard InChI is InChI=1S/C19H20N2O3/c1-24-16-6-3-14(4-7-16)19(23)20-11-10-13-2-8-17-15(12-13)5-9-18(22)21-17/h2-4,6-8,12H,5,9-11H2,1H3,(H,20,23)(H,21,22). The number of carbonyl (C=O) groups is 2. The molecular weight excluding hydrogens is 304 g/mol. The van der Waals surface area contributed by atoms with E-state index in [1.165, 1.54) is 0 Å². The summed E-state index contributed by atoms with van der Waals surface area (Å²) >= 11 is 0. The van der Waals surface area contributed by atoms with Crippen molar-refractivity contribution in [2.24, 2.45) is 0 Å². The van der Waals surface area contributed by atoms with Crippen molar-refractivity contribution in [3.05, 3.63) is 59.2 Å². The Balaban J connectivity index is 1.54. The molecule has 0 atom stereocenters. The summed E-state index contributed by atoms with van der Waals surface area (Å²) in [5, 5.41) is 5.80. The molecule has 5 nitrogen and oxygen atoms in total. The predicted molar refractivity (Wildman–Crippen MR) is 92.4 cm³/mol. The van der Waals surface area contributed by atoms with E-state index >= 15 is 0 Å². The molecule has 0 aromatic heterocycles. The van der Waals surface area contributed by atoms with Gasteiger partial charge in [0.15, 0.2) is 0 Å². The second kappa shape index (κ2) is 7.17. The number of methoxy groups -OCH3 is 1. The molecule has 2 amide bonds. The van der Waals surface area contributed by atoms with Crippen molar-refractivity contribution in [1.82, 2.24) is 5.32 Å². The molecule has 1 heterocycles. The van der Waals surface area contributed by atoms with Crippen molar-refractivity contribution in [2.75, 3.05) is 19.0 Å². The molecule has 0 fully saturated rings. The van der Waals surface area contributed by atoms with Crippen LogP contribution < -0.4 is 15.4 Å². The third-order valence-corrected chi connectivity index (χ3v) is 4.12. The summed E-state index contributed by atoms with van der Waals surface area (Å²) in [6, 6.07) is 13.1. The van der Waals surface area contributed by atoms with Crippen LogP contribution in [0.4, 0.5) is 5.69 Å². The second-order valence-electron chi connectivity index (χ2n) is 5.77. The number of rotatable bonds is 5. The molecule has 124 valence electrons. The van der Waals surface area contributed by atoms with Crippen LogP contribution in [0.5, 0.6) is 5.75 Å². The van der Waals surface area contributed by atoms with Gasteiger partial charge < -0.3 is 15.4 Å². The Morgan fingerprint density at radius 1 is 1.17 bits per heavy atom. The molecule has 3 rings (SSSR count). The number of benzene rings is 2. The third kappa shape index (κ3) is 3.74. The summed E-state index contributed by atoms with van der Waals surface area (Å²) in [4.78, 5) is 23.5. The van der Waals surface area contributed by atoms with E-state index in [0.717, 1.165) is 35.4 Å². The normalized spacial score (nSPS) is 13.0. The minimum atomic E-state index is -0.0946. The first-order valence-electron chi connectivity index (χ1n) is 7.99. The van der Waals surface area contributed by atoms with Crippen LogP contribution in [-0.4, -0.2) is 25.5 Å². The summed E-state index contributed by atoms with van der Waals surface area (Å²) in [5.41, 5.74) is 3.83. The molecule has 0 spiro atoms. The average molecular weight is 324 g/mol. The van der Waals surface area contributed by atoms with Crippen LogP contribution >= 0.6 is 0 Å². The van der Waals surface area contributed by atoms with Gasteiger partial charge in [-0.1, -0.05) is 12.1 Å². The Morgan fingerprint density at radius 2 is 1.96 bits per heavy atom. The van der Waals surface area contributed by atoms with Gasteiger partial charge in [-0.2, -0.15) is 0 Å². The number of anilines is 1. The van der Waals surface area contributed by atoms with Crippen LogP contribution in [0.1, 0.15) is 27.9 Å². The SMILES string of the molecule is COc1ccc(C(=O)NCCc2ccc3c(c2)CCC(=O)N3)cc1. The highest BCUT2D eigenvalue weighted by Gasteiger charge is 2.14. The van der Waals surface area contributed by atoms with Crippen molar-refractivity contribution in [3.63, 3.8) is 0 Å². The van der Waals surface area contributed by atoms with Crippen LogP contribution in [0.25, 0.3) is 0 Å². The molecule has 5 heteroatoms. The Kier molecular flexibility index (Phi) is 4.79. The molecule has 1 aliphatic heterocycles. The zero-order valence-corrected chi connectivity index (χ0v) is 13.6. The zero-order valence-electron chi connectivity index (χ0n) is 13.6. The Morgan fingerprint density at radius 3 is 2.71 bits per heavy atom. The summed E-state index contributed by atoms with van der Waals surface area (Å²) in [6.45, 7) is 0.565. The van der Waals surface area contributed by atoms with Crippen LogP contribution in [0.15, 0.2) is 42.5 Å². The van der Waals surface area contributed by atoms with Crippen molar-refractivity contribution in [1.29, 1.82) is 0 Å². The Hall–Kier alpha value is -2.82. The second-order valence-corrected chi connectivity index (χ2v) is 5.77. The molecular formula is C19H20N2O3. The molecule has 0 bridgehead atoms. The molecule has 0 radical (unpaired) electrons. The molecule has 1 aliphatic rings. The average Bonchev–Trinajstić information content (AvgIpc) is 2.61. The van der Waals surface area contributed by atoms with Crippen LogP contribution in [-0.2, 0) is 17.6 Å². The number of nitrogens with one attached hydrogen (secondary N) is 2. The van der Waals surface area contributed by atoms with E-state index in [2.05, 4.69) is 16.7 Å². The van der Waals surface area contributed by atoms with Crippen LogP contribution in [0.2, 0.25) is 0 Å². The zero-order chi connectivity index (χ0) is 16.9. The van der Waals surface area contributed by atoms with Gasteiger partial charge in [-0.05, 0) is 54.3 Å². The van der Waals surface area contributed by atoms with Gasteiger partial charge in [0.05, 0.1) is 7.11 Å². The van der Waals surface area contributed by atoms with E-state index in [0.29, 0.717) is 18.5 Å². The molecule has 0 saturated heterocycles. The third-order valence-electron chi connectivity index (χ3n) is 4.12. The van der Waals surface area contributed by atoms with Crippen molar-refractivity contribution in [2.45, 2.75) is 19.3 Å². The number of fused-ring (bicyclic) bond motifs is 1. The molecule has 24 heavy (non-hydrogen) atoms. The fourth-order valence-electron chi connectivity index (χ4n) is 2.76. The predicted octanol–water partition coefficient (Wildman–Crippen LogP) is 2.55. The molecule has 2 aromatic carbocycles. The lowest BCUT2D eigenvalue weighted by Crippen LogP contribution is -2.25. The van der Waals surface area contributed by atoms with Gasteiger partial charge in [-0.3, -0.25) is 9.59 Å². The van der Waals surface area contributed by atoms with Crippen LogP contribution in [0, 0.1) is 0 Å². The Bertz CT molecular complexity index is 754. The van der Waals surface area contributed by atoms with Gasteiger partial charge in [0.1, 0.15) is 5.75 Å². The first kappa shape index (κ1) is 16.1. The highest BCUT2D eigenvalue weighted by atomic mass is 16.5. The lowest BCUT2D eigenvalue weighted by Gasteiger charge is -2.17. The van der Waals surface area contributed by atoms with Crippen molar-refractivity contribution >= 4 is 17.5 Å². The highest BCUT2D eigenvalue weighted by Crippen LogP contribution is 2.23. The summed E-state index contributed by atoms with van der Waals surface area (Å²) < 4.78 is 5.08. The summed E-state index contributed by atoms with van der Waals surface area (Å²) in [6.07, 6.45) is 2.06. The number of carbonyl (C=O) groups excluding carboxylic acids is 2. The van der Waals surface area contributed by atoms with Gasteiger partial charge in [0, 0.05) is 24.2 Å². The van der Waals surface area contributed by atoms with E-state index in [1.807, 2.05) is 12.1 Å². The fraction of sp³-hybridized carbons (Fsp3) is 0.263. The first-order chi connectivity index (χ1) is 11.7. The maximum atomic E-state index is 12.1. The smallest absolute Gasteiger partial charge is 0.251 e. The van der Waals surface area contributed by atoms with E-state index in [9.17, 15) is 9.59 Å². The first-order valence-corrected chi connectivity index (χ1v) is 7.99. The van der Waals surface area contributed by atoms with Crippen LogP contribution in [0.3, 0.4) is 0 Å². The van der Waals surface area contributed by atoms with E-state index < -0.39 is 0 Å². The Labute approximate surface area is 141 Å². The largest absolute Gasteiger partial charge is 0.497 e. The van der Waals surface area contributed by atoms with Crippen molar-refractivity contribution < 1.29 is 14.3 Å². The van der Waals surface area contributed by atoms with Gasteiger partial charge in [0.2, 0.25) is 5.91 Å². The topological polar surface area (TPSA) is 67.4 Å². The number of amides is 2. The van der Waals surface area contributed by atoms with E-state index in [1.54, 1.807) is 31.4 Å². The molecule has 2 aromatic rings. The van der Waals surface area contributed by atoms with E-state index in [-0.39, 0.29) is 11.8 Å². The lowest BCUT2D eigenvalue weighted by molar-refractivity contribution is -0.116. The monoisotopic (exact) mass is 324 g/mol. The molecule has 0 saturated carbocycles. The number of aryl methyl sites for hydroxylation is 1. The van der Waals surface area contributed by atoms with Gasteiger partial charge in [0.25, 0.3) is 5.91 Å². The maximum Gasteiger partial charge on any atom is 0.251 e. The minimum absolute atomic E-state index is 0.0713. The number of hydrogen-bond acceptors (Lipinski definition) is 3.